The van der Waals surface area contributed by atoms with Crippen LogP contribution in [0.25, 0.3) is 0 Å². The van der Waals surface area contributed by atoms with Crippen LogP contribution in [0.1, 0.15) is 24.2 Å². The average Bonchev–Trinajstić information content (AvgIpc) is 3.02. The lowest BCUT2D eigenvalue weighted by Crippen LogP contribution is -2.41. The van der Waals surface area contributed by atoms with Gasteiger partial charge in [0, 0.05) is 17.6 Å². The average molecular weight is 305 g/mol. The molecule has 2 aromatic rings. The predicted octanol–water partition coefficient (Wildman–Crippen LogP) is 3.69. The summed E-state index contributed by atoms with van der Waals surface area (Å²) in [7, 11) is 0. The first kappa shape index (κ1) is 14.6. The molecule has 0 atom stereocenters. The highest BCUT2D eigenvalue weighted by atomic mass is 35.5. The summed E-state index contributed by atoms with van der Waals surface area (Å²) in [6, 6.07) is 12.7. The molecular weight excluding hydrogens is 284 g/mol. The first-order valence-corrected chi connectivity index (χ1v) is 7.90. The van der Waals surface area contributed by atoms with Crippen LogP contribution in [0.4, 0.5) is 0 Å². The van der Waals surface area contributed by atoms with Crippen LogP contribution in [0, 0.1) is 0 Å². The van der Waals surface area contributed by atoms with Crippen molar-refractivity contribution in [2.75, 3.05) is 13.1 Å². The fraction of sp³-hybridized carbons (Fsp3) is 0.412. The van der Waals surface area contributed by atoms with Crippen molar-refractivity contribution >= 4 is 11.6 Å². The van der Waals surface area contributed by atoms with Crippen molar-refractivity contribution in [1.82, 2.24) is 10.2 Å². The van der Waals surface area contributed by atoms with E-state index in [1.54, 1.807) is 6.26 Å². The Balaban J connectivity index is 1.41. The SMILES string of the molecule is Clc1ccc(CN2CCC(NCc3ccco3)CC2)cc1. The van der Waals surface area contributed by atoms with E-state index >= 15 is 0 Å². The van der Waals surface area contributed by atoms with Crippen molar-refractivity contribution in [3.05, 3.63) is 59.0 Å². The molecule has 2 heterocycles. The van der Waals surface area contributed by atoms with Crippen LogP contribution >= 0.6 is 11.6 Å². The van der Waals surface area contributed by atoms with Gasteiger partial charge in [0.25, 0.3) is 0 Å². The van der Waals surface area contributed by atoms with Gasteiger partial charge < -0.3 is 9.73 Å². The van der Waals surface area contributed by atoms with Gasteiger partial charge in [-0.25, -0.2) is 0 Å². The quantitative estimate of drug-likeness (QED) is 0.913. The van der Waals surface area contributed by atoms with Crippen molar-refractivity contribution < 1.29 is 4.42 Å². The largest absolute Gasteiger partial charge is 0.468 e. The first-order valence-electron chi connectivity index (χ1n) is 7.52. The Hall–Kier alpha value is -1.29. The zero-order valence-electron chi connectivity index (χ0n) is 12.1. The number of nitrogens with one attached hydrogen (secondary N) is 1. The summed E-state index contributed by atoms with van der Waals surface area (Å²) < 4.78 is 5.35. The van der Waals surface area contributed by atoms with Gasteiger partial charge in [0.2, 0.25) is 0 Å². The van der Waals surface area contributed by atoms with Gasteiger partial charge in [0.05, 0.1) is 12.8 Å². The molecule has 0 aliphatic carbocycles. The van der Waals surface area contributed by atoms with E-state index in [4.69, 9.17) is 16.0 Å². The predicted molar refractivity (Wildman–Crippen MR) is 85.3 cm³/mol. The summed E-state index contributed by atoms with van der Waals surface area (Å²) in [5.41, 5.74) is 1.33. The van der Waals surface area contributed by atoms with Crippen LogP contribution in [0.5, 0.6) is 0 Å². The zero-order chi connectivity index (χ0) is 14.5. The lowest BCUT2D eigenvalue weighted by Gasteiger charge is -2.32. The molecule has 0 radical (unpaired) electrons. The molecule has 0 saturated carbocycles. The Bertz CT molecular complexity index is 530. The van der Waals surface area contributed by atoms with Gasteiger partial charge in [-0.2, -0.15) is 0 Å². The molecule has 0 unspecified atom stereocenters. The molecule has 1 aromatic carbocycles. The molecule has 1 fully saturated rings. The fourth-order valence-electron chi connectivity index (χ4n) is 2.80. The van der Waals surface area contributed by atoms with Gasteiger partial charge >= 0.3 is 0 Å². The third kappa shape index (κ3) is 4.34. The smallest absolute Gasteiger partial charge is 0.117 e. The molecule has 1 saturated heterocycles. The van der Waals surface area contributed by atoms with E-state index in [1.165, 1.54) is 18.4 Å². The minimum absolute atomic E-state index is 0.594. The summed E-state index contributed by atoms with van der Waals surface area (Å²) >= 11 is 5.92. The van der Waals surface area contributed by atoms with Crippen LogP contribution in [-0.4, -0.2) is 24.0 Å². The molecule has 112 valence electrons. The number of likely N-dealkylation sites (tertiary alicyclic amines) is 1. The Morgan fingerprint density at radius 2 is 1.90 bits per heavy atom. The summed E-state index contributed by atoms with van der Waals surface area (Å²) in [4.78, 5) is 2.51. The van der Waals surface area contributed by atoms with E-state index in [9.17, 15) is 0 Å². The third-order valence-corrected chi connectivity index (χ3v) is 4.30. The van der Waals surface area contributed by atoms with Crippen LogP contribution < -0.4 is 5.32 Å². The van der Waals surface area contributed by atoms with Crippen LogP contribution in [-0.2, 0) is 13.1 Å². The zero-order valence-corrected chi connectivity index (χ0v) is 12.9. The van der Waals surface area contributed by atoms with Crippen LogP contribution in [0.3, 0.4) is 0 Å². The minimum Gasteiger partial charge on any atom is -0.468 e. The normalized spacial score (nSPS) is 17.2. The number of rotatable bonds is 5. The van der Waals surface area contributed by atoms with Crippen LogP contribution in [0.15, 0.2) is 47.1 Å². The minimum atomic E-state index is 0.594. The number of benzene rings is 1. The molecule has 4 heteroatoms. The Kier molecular flexibility index (Phi) is 4.96. The highest BCUT2D eigenvalue weighted by Crippen LogP contribution is 2.16. The summed E-state index contributed by atoms with van der Waals surface area (Å²) in [5.74, 6) is 1.01. The fourth-order valence-corrected chi connectivity index (χ4v) is 2.93. The number of furan rings is 1. The summed E-state index contributed by atoms with van der Waals surface area (Å²) in [6.45, 7) is 4.12. The monoisotopic (exact) mass is 304 g/mol. The molecule has 1 N–H and O–H groups in total. The Morgan fingerprint density at radius 1 is 1.14 bits per heavy atom. The molecule has 0 amide bonds. The maximum atomic E-state index is 5.92. The van der Waals surface area contributed by atoms with Crippen molar-refractivity contribution in [2.45, 2.75) is 32.0 Å². The topological polar surface area (TPSA) is 28.4 Å². The second-order valence-electron chi connectivity index (χ2n) is 5.64. The van der Waals surface area contributed by atoms with Crippen molar-refractivity contribution in [3.63, 3.8) is 0 Å². The van der Waals surface area contributed by atoms with Gasteiger partial charge in [-0.05, 0) is 55.8 Å². The molecule has 3 nitrogen and oxygen atoms in total. The van der Waals surface area contributed by atoms with E-state index in [0.717, 1.165) is 37.0 Å². The summed E-state index contributed by atoms with van der Waals surface area (Å²) in [5, 5.41) is 4.38. The lowest BCUT2D eigenvalue weighted by atomic mass is 10.0. The maximum absolute atomic E-state index is 5.92. The summed E-state index contributed by atoms with van der Waals surface area (Å²) in [6.07, 6.45) is 4.11. The second kappa shape index (κ2) is 7.12. The molecule has 0 bridgehead atoms. The number of piperidine rings is 1. The first-order chi connectivity index (χ1) is 10.3. The highest BCUT2D eigenvalue weighted by Gasteiger charge is 2.18. The second-order valence-corrected chi connectivity index (χ2v) is 6.07. The van der Waals surface area contributed by atoms with Crippen molar-refractivity contribution in [2.24, 2.45) is 0 Å². The van der Waals surface area contributed by atoms with Gasteiger partial charge in [0.15, 0.2) is 0 Å². The van der Waals surface area contributed by atoms with E-state index in [-0.39, 0.29) is 0 Å². The number of hydrogen-bond acceptors (Lipinski definition) is 3. The molecule has 21 heavy (non-hydrogen) atoms. The third-order valence-electron chi connectivity index (χ3n) is 4.05. The molecular formula is C17H21ClN2O. The molecule has 0 spiro atoms. The number of nitrogens with zero attached hydrogens (tertiary/aromatic N) is 1. The lowest BCUT2D eigenvalue weighted by molar-refractivity contribution is 0.188. The molecule has 1 aliphatic rings. The van der Waals surface area contributed by atoms with Crippen LogP contribution in [0.2, 0.25) is 5.02 Å². The van der Waals surface area contributed by atoms with E-state index in [0.29, 0.717) is 6.04 Å². The Labute approximate surface area is 130 Å². The van der Waals surface area contributed by atoms with Gasteiger partial charge in [0.1, 0.15) is 5.76 Å². The number of halogens is 1. The number of hydrogen-bond donors (Lipinski definition) is 1. The van der Waals surface area contributed by atoms with Crippen molar-refractivity contribution in [3.8, 4) is 0 Å². The molecule has 3 rings (SSSR count). The van der Waals surface area contributed by atoms with E-state index in [1.807, 2.05) is 24.3 Å². The highest BCUT2D eigenvalue weighted by molar-refractivity contribution is 6.30. The molecule has 1 aliphatic heterocycles. The van der Waals surface area contributed by atoms with Gasteiger partial charge in [-0.15, -0.1) is 0 Å². The molecule has 1 aromatic heterocycles. The van der Waals surface area contributed by atoms with E-state index < -0.39 is 0 Å². The standard InChI is InChI=1S/C17H21ClN2O/c18-15-5-3-14(4-6-15)13-20-9-7-16(8-10-20)19-12-17-2-1-11-21-17/h1-6,11,16,19H,7-10,12-13H2. The van der Waals surface area contributed by atoms with Crippen molar-refractivity contribution in [1.29, 1.82) is 0 Å². The van der Waals surface area contributed by atoms with Gasteiger partial charge in [-0.3, -0.25) is 4.90 Å². The van der Waals surface area contributed by atoms with Gasteiger partial charge in [-0.1, -0.05) is 23.7 Å². The maximum Gasteiger partial charge on any atom is 0.117 e. The Morgan fingerprint density at radius 3 is 2.57 bits per heavy atom. The van der Waals surface area contributed by atoms with E-state index in [2.05, 4.69) is 22.3 Å².